The average Bonchev–Trinajstić information content (AvgIpc) is 2.30. The van der Waals surface area contributed by atoms with E-state index in [1.165, 1.54) is 0 Å². The molecule has 1 aliphatic carbocycles. The van der Waals surface area contributed by atoms with Crippen molar-refractivity contribution in [1.29, 1.82) is 0 Å². The maximum absolute atomic E-state index is 11.6. The summed E-state index contributed by atoms with van der Waals surface area (Å²) in [5, 5.41) is 9.51. The second kappa shape index (κ2) is 4.53. The van der Waals surface area contributed by atoms with Gasteiger partial charge < -0.3 is 5.11 Å². The van der Waals surface area contributed by atoms with Crippen molar-refractivity contribution >= 4 is 21.9 Å². The maximum atomic E-state index is 11.6. The minimum absolute atomic E-state index is 0.683. The van der Waals surface area contributed by atoms with Crippen LogP contribution in [0.5, 0.6) is 0 Å². The number of rotatable bonds is 2. The molecule has 0 unspecified atom stereocenters. The van der Waals surface area contributed by atoms with E-state index in [2.05, 4.69) is 20.9 Å². The Bertz CT molecular complexity index is 400. The van der Waals surface area contributed by atoms with E-state index in [4.69, 9.17) is 0 Å². The predicted molar refractivity (Wildman–Crippen MR) is 64.3 cm³/mol. The largest absolute Gasteiger partial charge is 0.481 e. The van der Waals surface area contributed by atoms with Crippen LogP contribution in [-0.4, -0.2) is 16.1 Å². The Hall–Kier alpha value is -0.900. The van der Waals surface area contributed by atoms with Crippen LogP contribution in [0.25, 0.3) is 0 Å². The van der Waals surface area contributed by atoms with Crippen molar-refractivity contribution in [1.82, 2.24) is 4.98 Å². The van der Waals surface area contributed by atoms with Gasteiger partial charge in [-0.3, -0.25) is 9.78 Å². The second-order valence-corrected chi connectivity index (χ2v) is 5.14. The van der Waals surface area contributed by atoms with Crippen LogP contribution in [0.2, 0.25) is 0 Å². The number of carboxylic acid groups (broad SMARTS) is 1. The fourth-order valence-electron chi connectivity index (χ4n) is 2.45. The lowest BCUT2D eigenvalue weighted by molar-refractivity contribution is -0.145. The van der Waals surface area contributed by atoms with Gasteiger partial charge in [0, 0.05) is 10.7 Å². The molecule has 0 spiro atoms. The van der Waals surface area contributed by atoms with E-state index in [0.29, 0.717) is 18.5 Å². The van der Waals surface area contributed by atoms with Gasteiger partial charge in [0.2, 0.25) is 0 Å². The van der Waals surface area contributed by atoms with Crippen molar-refractivity contribution in [3.63, 3.8) is 0 Å². The Morgan fingerprint density at radius 3 is 2.62 bits per heavy atom. The van der Waals surface area contributed by atoms with E-state index >= 15 is 0 Å². The fraction of sp³-hybridized carbons (Fsp3) is 0.500. The number of carboxylic acids is 1. The van der Waals surface area contributed by atoms with Crippen LogP contribution in [0.4, 0.5) is 0 Å². The first-order chi connectivity index (χ1) is 7.67. The number of aromatic nitrogens is 1. The van der Waals surface area contributed by atoms with Crippen LogP contribution in [0.3, 0.4) is 0 Å². The quantitative estimate of drug-likeness (QED) is 0.907. The minimum atomic E-state index is -0.779. The Kier molecular flexibility index (Phi) is 3.28. The predicted octanol–water partition coefficient (Wildman–Crippen LogP) is 3.13. The van der Waals surface area contributed by atoms with Gasteiger partial charge in [-0.25, -0.2) is 0 Å². The van der Waals surface area contributed by atoms with Crippen molar-refractivity contribution in [3.8, 4) is 0 Å². The maximum Gasteiger partial charge on any atom is 0.315 e. The lowest BCUT2D eigenvalue weighted by Gasteiger charge is -2.33. The van der Waals surface area contributed by atoms with Crippen molar-refractivity contribution in [3.05, 3.63) is 28.5 Å². The molecule has 16 heavy (non-hydrogen) atoms. The van der Waals surface area contributed by atoms with Gasteiger partial charge in [0.15, 0.2) is 0 Å². The smallest absolute Gasteiger partial charge is 0.315 e. The zero-order chi connectivity index (χ0) is 11.6. The molecule has 1 aliphatic rings. The van der Waals surface area contributed by atoms with Gasteiger partial charge in [-0.05, 0) is 40.9 Å². The lowest BCUT2D eigenvalue weighted by Crippen LogP contribution is -2.39. The summed E-state index contributed by atoms with van der Waals surface area (Å²) >= 11 is 3.41. The first kappa shape index (κ1) is 11.6. The highest BCUT2D eigenvalue weighted by Gasteiger charge is 2.43. The molecule has 0 radical (unpaired) electrons. The first-order valence-electron chi connectivity index (χ1n) is 5.51. The molecule has 0 atom stereocenters. The monoisotopic (exact) mass is 283 g/mol. The van der Waals surface area contributed by atoms with Gasteiger partial charge in [-0.2, -0.15) is 0 Å². The molecule has 1 saturated carbocycles. The Morgan fingerprint density at radius 1 is 1.38 bits per heavy atom. The molecule has 0 aliphatic heterocycles. The van der Waals surface area contributed by atoms with E-state index in [1.54, 1.807) is 6.20 Å². The van der Waals surface area contributed by atoms with Crippen molar-refractivity contribution in [2.24, 2.45) is 0 Å². The van der Waals surface area contributed by atoms with E-state index < -0.39 is 11.4 Å². The molecule has 0 aromatic carbocycles. The van der Waals surface area contributed by atoms with E-state index in [0.717, 1.165) is 23.7 Å². The molecule has 0 saturated heterocycles. The molecule has 1 N–H and O–H groups in total. The summed E-state index contributed by atoms with van der Waals surface area (Å²) in [4.78, 5) is 15.8. The number of hydrogen-bond acceptors (Lipinski definition) is 2. The van der Waals surface area contributed by atoms with Gasteiger partial charge in [0.1, 0.15) is 5.41 Å². The summed E-state index contributed by atoms with van der Waals surface area (Å²) in [6.07, 6.45) is 6.11. The molecule has 4 heteroatoms. The molecule has 3 nitrogen and oxygen atoms in total. The number of pyridine rings is 1. The number of carbonyl (C=O) groups is 1. The molecule has 86 valence electrons. The standard InChI is InChI=1S/C12H14BrNO2/c13-9-5-4-8-14-10(9)12(11(15)16)6-2-1-3-7-12/h4-5,8H,1-3,6-7H2,(H,15,16). The number of nitrogens with zero attached hydrogens (tertiary/aromatic N) is 1. The van der Waals surface area contributed by atoms with E-state index in [1.807, 2.05) is 12.1 Å². The lowest BCUT2D eigenvalue weighted by atomic mass is 9.71. The molecule has 0 amide bonds. The normalized spacial score (nSPS) is 19.3. The van der Waals surface area contributed by atoms with Crippen LogP contribution >= 0.6 is 15.9 Å². The summed E-state index contributed by atoms with van der Waals surface area (Å²) in [5.74, 6) is -0.744. The van der Waals surface area contributed by atoms with E-state index in [-0.39, 0.29) is 0 Å². The summed E-state index contributed by atoms with van der Waals surface area (Å²) in [6, 6.07) is 3.67. The fourth-order valence-corrected chi connectivity index (χ4v) is 3.08. The van der Waals surface area contributed by atoms with Crippen molar-refractivity contribution in [2.45, 2.75) is 37.5 Å². The highest BCUT2D eigenvalue weighted by Crippen LogP contribution is 2.41. The third kappa shape index (κ3) is 1.86. The zero-order valence-corrected chi connectivity index (χ0v) is 10.5. The highest BCUT2D eigenvalue weighted by atomic mass is 79.9. The molecule has 1 heterocycles. The van der Waals surface area contributed by atoms with Gasteiger partial charge >= 0.3 is 5.97 Å². The summed E-state index contributed by atoms with van der Waals surface area (Å²) < 4.78 is 0.805. The topological polar surface area (TPSA) is 50.2 Å². The van der Waals surface area contributed by atoms with Crippen LogP contribution in [-0.2, 0) is 10.2 Å². The van der Waals surface area contributed by atoms with Gasteiger partial charge in [0.05, 0.1) is 5.69 Å². The summed E-state index contributed by atoms with van der Waals surface area (Å²) in [6.45, 7) is 0. The zero-order valence-electron chi connectivity index (χ0n) is 8.95. The number of halogens is 1. The molecular weight excluding hydrogens is 270 g/mol. The van der Waals surface area contributed by atoms with Gasteiger partial charge in [-0.15, -0.1) is 0 Å². The second-order valence-electron chi connectivity index (χ2n) is 4.28. The summed E-state index contributed by atoms with van der Waals surface area (Å²) in [7, 11) is 0. The van der Waals surface area contributed by atoms with Crippen molar-refractivity contribution < 1.29 is 9.90 Å². The van der Waals surface area contributed by atoms with Crippen LogP contribution in [0.15, 0.2) is 22.8 Å². The Labute approximate surface area is 103 Å². The Balaban J connectivity index is 2.47. The Morgan fingerprint density at radius 2 is 2.06 bits per heavy atom. The molecule has 1 aromatic rings. The minimum Gasteiger partial charge on any atom is -0.481 e. The number of aliphatic carboxylic acids is 1. The highest BCUT2D eigenvalue weighted by molar-refractivity contribution is 9.10. The average molecular weight is 284 g/mol. The van der Waals surface area contributed by atoms with Crippen LogP contribution < -0.4 is 0 Å². The van der Waals surface area contributed by atoms with E-state index in [9.17, 15) is 9.90 Å². The van der Waals surface area contributed by atoms with Gasteiger partial charge in [0.25, 0.3) is 0 Å². The van der Waals surface area contributed by atoms with Gasteiger partial charge in [-0.1, -0.05) is 19.3 Å². The SMILES string of the molecule is O=C(O)C1(c2ncccc2Br)CCCCC1. The summed E-state index contributed by atoms with van der Waals surface area (Å²) in [5.41, 5.74) is -0.0968. The third-order valence-corrected chi connectivity index (χ3v) is 3.97. The molecular formula is C12H14BrNO2. The van der Waals surface area contributed by atoms with Crippen LogP contribution in [0, 0.1) is 0 Å². The third-order valence-electron chi connectivity index (χ3n) is 3.33. The number of hydrogen-bond donors (Lipinski definition) is 1. The first-order valence-corrected chi connectivity index (χ1v) is 6.30. The molecule has 1 fully saturated rings. The van der Waals surface area contributed by atoms with Crippen LogP contribution in [0.1, 0.15) is 37.8 Å². The molecule has 2 rings (SSSR count). The molecule has 1 aromatic heterocycles. The van der Waals surface area contributed by atoms with Crippen molar-refractivity contribution in [2.75, 3.05) is 0 Å². The molecule has 0 bridgehead atoms.